The van der Waals surface area contributed by atoms with E-state index in [1.165, 1.54) is 41.5 Å². The van der Waals surface area contributed by atoms with Crippen molar-refractivity contribution in [3.05, 3.63) is 58.7 Å². The monoisotopic (exact) mass is 297 g/mol. The highest BCUT2D eigenvalue weighted by molar-refractivity contribution is 5.43. The third kappa shape index (κ3) is 3.25. The highest BCUT2D eigenvalue weighted by Gasteiger charge is 2.10. The topological polar surface area (TPSA) is 30.5 Å². The molecule has 3 rings (SSSR count). The van der Waals surface area contributed by atoms with Crippen LogP contribution in [-0.4, -0.2) is 14.2 Å². The van der Waals surface area contributed by atoms with E-state index in [1.807, 2.05) is 12.1 Å². The molecule has 1 N–H and O–H groups in total. The summed E-state index contributed by atoms with van der Waals surface area (Å²) in [6.07, 6.45) is 3.78. The molecule has 3 nitrogen and oxygen atoms in total. The molecule has 0 bridgehead atoms. The zero-order valence-corrected chi connectivity index (χ0v) is 13.3. The number of fused-ring (bicyclic) bond motifs is 1. The second-order valence-electron chi connectivity index (χ2n) is 5.75. The Morgan fingerprint density at radius 2 is 1.50 bits per heavy atom. The summed E-state index contributed by atoms with van der Waals surface area (Å²) in [5.74, 6) is 1.55. The number of aryl methyl sites for hydroxylation is 2. The van der Waals surface area contributed by atoms with Gasteiger partial charge in [0.25, 0.3) is 0 Å². The number of hydrogen-bond acceptors (Lipinski definition) is 3. The third-order valence-electron chi connectivity index (χ3n) is 4.27. The Balaban J connectivity index is 1.59. The average Bonchev–Trinajstić information content (AvgIpc) is 3.02. The molecule has 0 unspecified atom stereocenters. The predicted octanol–water partition coefficient (Wildman–Crippen LogP) is 3.48. The Hall–Kier alpha value is -2.00. The van der Waals surface area contributed by atoms with Crippen molar-refractivity contribution in [2.45, 2.75) is 32.4 Å². The Morgan fingerprint density at radius 3 is 2.27 bits per heavy atom. The maximum Gasteiger partial charge on any atom is 0.161 e. The standard InChI is InChI=1S/C19H23NO2/c1-21-18-9-7-15(11-19(18)22-2)13-20-12-14-6-8-16-4-3-5-17(16)10-14/h6-11,20H,3-5,12-13H2,1-2H3. The minimum absolute atomic E-state index is 0.768. The summed E-state index contributed by atoms with van der Waals surface area (Å²) in [6.45, 7) is 1.71. The molecule has 0 heterocycles. The Labute approximate surface area is 132 Å². The maximum absolute atomic E-state index is 5.34. The molecule has 0 saturated carbocycles. The highest BCUT2D eigenvalue weighted by atomic mass is 16.5. The quantitative estimate of drug-likeness (QED) is 0.885. The molecule has 0 atom stereocenters. The zero-order valence-electron chi connectivity index (χ0n) is 13.3. The second kappa shape index (κ2) is 6.84. The van der Waals surface area contributed by atoms with Crippen LogP contribution >= 0.6 is 0 Å². The summed E-state index contributed by atoms with van der Waals surface area (Å²) in [5, 5.41) is 3.50. The van der Waals surface area contributed by atoms with Crippen LogP contribution in [0.4, 0.5) is 0 Å². The molecule has 22 heavy (non-hydrogen) atoms. The number of hydrogen-bond donors (Lipinski definition) is 1. The molecule has 0 saturated heterocycles. The lowest BCUT2D eigenvalue weighted by atomic mass is 10.1. The van der Waals surface area contributed by atoms with Crippen LogP contribution in [0.15, 0.2) is 36.4 Å². The van der Waals surface area contributed by atoms with Gasteiger partial charge in [0.1, 0.15) is 0 Å². The molecule has 0 fully saturated rings. The van der Waals surface area contributed by atoms with Crippen LogP contribution in [0.3, 0.4) is 0 Å². The predicted molar refractivity (Wildman–Crippen MR) is 88.6 cm³/mol. The summed E-state index contributed by atoms with van der Waals surface area (Å²) >= 11 is 0. The van der Waals surface area contributed by atoms with Crippen LogP contribution in [-0.2, 0) is 25.9 Å². The van der Waals surface area contributed by atoms with Crippen molar-refractivity contribution in [3.8, 4) is 11.5 Å². The molecule has 0 aromatic heterocycles. The van der Waals surface area contributed by atoms with E-state index < -0.39 is 0 Å². The first-order chi connectivity index (χ1) is 10.8. The summed E-state index contributed by atoms with van der Waals surface area (Å²) in [7, 11) is 3.32. The van der Waals surface area contributed by atoms with E-state index >= 15 is 0 Å². The molecule has 116 valence electrons. The molecular formula is C19H23NO2. The Kier molecular flexibility index (Phi) is 4.64. The largest absolute Gasteiger partial charge is 0.493 e. The van der Waals surface area contributed by atoms with Gasteiger partial charge in [-0.3, -0.25) is 0 Å². The van der Waals surface area contributed by atoms with Gasteiger partial charge in [0.2, 0.25) is 0 Å². The smallest absolute Gasteiger partial charge is 0.161 e. The Bertz CT molecular complexity index is 652. The second-order valence-corrected chi connectivity index (χ2v) is 5.75. The first-order valence-electron chi connectivity index (χ1n) is 7.82. The maximum atomic E-state index is 5.34. The van der Waals surface area contributed by atoms with E-state index in [0.717, 1.165) is 24.6 Å². The molecule has 0 spiro atoms. The summed E-state index contributed by atoms with van der Waals surface area (Å²) < 4.78 is 10.6. The lowest BCUT2D eigenvalue weighted by Gasteiger charge is -2.11. The number of nitrogens with one attached hydrogen (secondary N) is 1. The van der Waals surface area contributed by atoms with Crippen LogP contribution in [0.1, 0.15) is 28.7 Å². The van der Waals surface area contributed by atoms with Gasteiger partial charge in [-0.25, -0.2) is 0 Å². The lowest BCUT2D eigenvalue weighted by Crippen LogP contribution is -2.13. The van der Waals surface area contributed by atoms with Crippen LogP contribution < -0.4 is 14.8 Å². The van der Waals surface area contributed by atoms with Crippen LogP contribution in [0.5, 0.6) is 11.5 Å². The number of methoxy groups -OCH3 is 2. The fourth-order valence-electron chi connectivity index (χ4n) is 3.08. The van der Waals surface area contributed by atoms with Crippen molar-refractivity contribution < 1.29 is 9.47 Å². The molecule has 3 heteroatoms. The molecule has 2 aromatic rings. The summed E-state index contributed by atoms with van der Waals surface area (Å²) in [5.41, 5.74) is 5.62. The highest BCUT2D eigenvalue weighted by Crippen LogP contribution is 2.27. The van der Waals surface area contributed by atoms with Gasteiger partial charge in [0.05, 0.1) is 14.2 Å². The first kappa shape index (κ1) is 14.9. The van der Waals surface area contributed by atoms with Gasteiger partial charge in [-0.1, -0.05) is 24.3 Å². The van der Waals surface area contributed by atoms with Crippen LogP contribution in [0.2, 0.25) is 0 Å². The van der Waals surface area contributed by atoms with Gasteiger partial charge >= 0.3 is 0 Å². The Morgan fingerprint density at radius 1 is 0.818 bits per heavy atom. The number of benzene rings is 2. The van der Waals surface area contributed by atoms with Crippen molar-refractivity contribution in [1.82, 2.24) is 5.32 Å². The van der Waals surface area contributed by atoms with Gasteiger partial charge in [0.15, 0.2) is 11.5 Å². The first-order valence-corrected chi connectivity index (χ1v) is 7.82. The van der Waals surface area contributed by atoms with E-state index in [2.05, 4.69) is 29.6 Å². The van der Waals surface area contributed by atoms with Gasteiger partial charge in [-0.2, -0.15) is 0 Å². The van der Waals surface area contributed by atoms with E-state index in [1.54, 1.807) is 14.2 Å². The normalized spacial score (nSPS) is 13.0. The van der Waals surface area contributed by atoms with Gasteiger partial charge in [-0.05, 0) is 53.6 Å². The van der Waals surface area contributed by atoms with Gasteiger partial charge in [0, 0.05) is 13.1 Å². The minimum Gasteiger partial charge on any atom is -0.493 e. The molecule has 2 aromatic carbocycles. The molecule has 1 aliphatic rings. The zero-order chi connectivity index (χ0) is 15.4. The summed E-state index contributed by atoms with van der Waals surface area (Å²) in [4.78, 5) is 0. The van der Waals surface area contributed by atoms with Crippen molar-refractivity contribution in [2.75, 3.05) is 14.2 Å². The third-order valence-corrected chi connectivity index (χ3v) is 4.27. The van der Waals surface area contributed by atoms with Crippen LogP contribution in [0, 0.1) is 0 Å². The number of rotatable bonds is 6. The van der Waals surface area contributed by atoms with Crippen molar-refractivity contribution in [3.63, 3.8) is 0 Å². The van der Waals surface area contributed by atoms with E-state index in [0.29, 0.717) is 0 Å². The van der Waals surface area contributed by atoms with Crippen molar-refractivity contribution in [2.24, 2.45) is 0 Å². The summed E-state index contributed by atoms with van der Waals surface area (Å²) in [6, 6.07) is 12.9. The minimum atomic E-state index is 0.768. The molecule has 0 amide bonds. The lowest BCUT2D eigenvalue weighted by molar-refractivity contribution is 0.354. The average molecular weight is 297 g/mol. The molecular weight excluding hydrogens is 274 g/mol. The van der Waals surface area contributed by atoms with Crippen molar-refractivity contribution in [1.29, 1.82) is 0 Å². The van der Waals surface area contributed by atoms with E-state index in [-0.39, 0.29) is 0 Å². The van der Waals surface area contributed by atoms with Gasteiger partial charge in [-0.15, -0.1) is 0 Å². The number of ether oxygens (including phenoxy) is 2. The fraction of sp³-hybridized carbons (Fsp3) is 0.368. The molecule has 0 radical (unpaired) electrons. The SMILES string of the molecule is COc1ccc(CNCc2ccc3c(c2)CCC3)cc1OC. The van der Waals surface area contributed by atoms with Crippen molar-refractivity contribution >= 4 is 0 Å². The molecule has 0 aliphatic heterocycles. The molecule has 1 aliphatic carbocycles. The van der Waals surface area contributed by atoms with Gasteiger partial charge < -0.3 is 14.8 Å². The fourth-order valence-corrected chi connectivity index (χ4v) is 3.08. The van der Waals surface area contributed by atoms with E-state index in [4.69, 9.17) is 9.47 Å². The van der Waals surface area contributed by atoms with E-state index in [9.17, 15) is 0 Å². The van der Waals surface area contributed by atoms with Crippen LogP contribution in [0.25, 0.3) is 0 Å².